The Morgan fingerprint density at radius 3 is 2.61 bits per heavy atom. The number of aliphatic imine (C=N–C) groups is 1. The van der Waals surface area contributed by atoms with Gasteiger partial charge in [-0.15, -0.1) is 0 Å². The molecule has 1 saturated carbocycles. The first-order valence-corrected chi connectivity index (χ1v) is 10.4. The van der Waals surface area contributed by atoms with E-state index in [4.69, 9.17) is 14.5 Å². The number of carbonyl (C=O) groups excluding carboxylic acids is 1. The lowest BCUT2D eigenvalue weighted by molar-refractivity contribution is -0.149. The highest BCUT2D eigenvalue weighted by Crippen LogP contribution is 2.25. The SMILES string of the molecule is CCNC(=NCCc1ccc(C)c(OC)c1)NC1CCC(C(=O)OCC)CC1. The Balaban J connectivity index is 1.85. The lowest BCUT2D eigenvalue weighted by atomic mass is 9.86. The van der Waals surface area contributed by atoms with Crippen LogP contribution in [0.15, 0.2) is 23.2 Å². The van der Waals surface area contributed by atoms with Crippen LogP contribution in [0.5, 0.6) is 5.75 Å². The van der Waals surface area contributed by atoms with Gasteiger partial charge in [-0.25, -0.2) is 0 Å². The summed E-state index contributed by atoms with van der Waals surface area (Å²) in [6, 6.07) is 6.65. The Labute approximate surface area is 169 Å². The number of nitrogens with one attached hydrogen (secondary N) is 2. The summed E-state index contributed by atoms with van der Waals surface area (Å²) in [5.41, 5.74) is 2.36. The first-order chi connectivity index (χ1) is 13.6. The molecular weight excluding hydrogens is 354 g/mol. The second-order valence-electron chi connectivity index (χ2n) is 7.26. The van der Waals surface area contributed by atoms with Gasteiger partial charge in [-0.3, -0.25) is 9.79 Å². The quantitative estimate of drug-likeness (QED) is 0.406. The summed E-state index contributed by atoms with van der Waals surface area (Å²) < 4.78 is 10.6. The van der Waals surface area contributed by atoms with E-state index in [0.717, 1.165) is 55.9 Å². The fourth-order valence-electron chi connectivity index (χ4n) is 3.56. The minimum atomic E-state index is -0.0463. The van der Waals surface area contributed by atoms with Gasteiger partial charge < -0.3 is 20.1 Å². The molecule has 0 spiro atoms. The van der Waals surface area contributed by atoms with Crippen molar-refractivity contribution in [3.05, 3.63) is 29.3 Å². The standard InChI is InChI=1S/C22H35N3O3/c1-5-23-22(24-14-13-17-8-7-16(3)20(15-17)27-4)25-19-11-9-18(10-12-19)21(26)28-6-2/h7-8,15,18-19H,5-6,9-14H2,1-4H3,(H2,23,24,25). The summed E-state index contributed by atoms with van der Waals surface area (Å²) in [5.74, 6) is 1.77. The van der Waals surface area contributed by atoms with Crippen LogP contribution in [0.25, 0.3) is 0 Å². The first-order valence-electron chi connectivity index (χ1n) is 10.4. The molecule has 0 heterocycles. The van der Waals surface area contributed by atoms with Crippen molar-refractivity contribution >= 4 is 11.9 Å². The highest BCUT2D eigenvalue weighted by molar-refractivity contribution is 5.80. The largest absolute Gasteiger partial charge is 0.496 e. The van der Waals surface area contributed by atoms with Gasteiger partial charge in [0.05, 0.1) is 19.6 Å². The molecular formula is C22H35N3O3. The van der Waals surface area contributed by atoms with Gasteiger partial charge in [0, 0.05) is 19.1 Å². The van der Waals surface area contributed by atoms with Crippen LogP contribution < -0.4 is 15.4 Å². The molecule has 0 aliphatic heterocycles. The van der Waals surface area contributed by atoms with Crippen LogP contribution in [0.4, 0.5) is 0 Å². The van der Waals surface area contributed by atoms with Gasteiger partial charge in [-0.2, -0.15) is 0 Å². The van der Waals surface area contributed by atoms with Crippen LogP contribution in [-0.2, 0) is 16.0 Å². The van der Waals surface area contributed by atoms with E-state index in [-0.39, 0.29) is 11.9 Å². The second kappa shape index (κ2) is 11.6. The molecule has 1 aromatic rings. The second-order valence-corrected chi connectivity index (χ2v) is 7.26. The molecule has 0 saturated heterocycles. The summed E-state index contributed by atoms with van der Waals surface area (Å²) >= 11 is 0. The number of guanidine groups is 1. The van der Waals surface area contributed by atoms with E-state index in [9.17, 15) is 4.79 Å². The summed E-state index contributed by atoms with van der Waals surface area (Å²) in [6.45, 7) is 7.96. The van der Waals surface area contributed by atoms with Crippen molar-refractivity contribution in [3.63, 3.8) is 0 Å². The third kappa shape index (κ3) is 6.73. The minimum absolute atomic E-state index is 0.0463. The number of hydrogen-bond donors (Lipinski definition) is 2. The average molecular weight is 390 g/mol. The third-order valence-electron chi connectivity index (χ3n) is 5.18. The summed E-state index contributed by atoms with van der Waals surface area (Å²) in [4.78, 5) is 16.6. The van der Waals surface area contributed by atoms with Gasteiger partial charge >= 0.3 is 5.97 Å². The number of methoxy groups -OCH3 is 1. The monoisotopic (exact) mass is 389 g/mol. The highest BCUT2D eigenvalue weighted by atomic mass is 16.5. The number of hydrogen-bond acceptors (Lipinski definition) is 4. The predicted octanol–water partition coefficient (Wildman–Crippen LogP) is 3.22. The van der Waals surface area contributed by atoms with Gasteiger partial charge in [0.15, 0.2) is 5.96 Å². The molecule has 28 heavy (non-hydrogen) atoms. The first kappa shape index (κ1) is 22.1. The van der Waals surface area contributed by atoms with E-state index in [1.54, 1.807) is 7.11 Å². The molecule has 0 amide bonds. The number of esters is 1. The molecule has 6 nitrogen and oxygen atoms in total. The average Bonchev–Trinajstić information content (AvgIpc) is 2.70. The Morgan fingerprint density at radius 2 is 1.96 bits per heavy atom. The third-order valence-corrected chi connectivity index (χ3v) is 5.18. The van der Waals surface area contributed by atoms with Crippen LogP contribution in [0, 0.1) is 12.8 Å². The normalized spacial score (nSPS) is 19.8. The maximum atomic E-state index is 11.9. The van der Waals surface area contributed by atoms with Crippen LogP contribution in [-0.4, -0.2) is 44.8 Å². The van der Waals surface area contributed by atoms with E-state index in [1.165, 1.54) is 5.56 Å². The molecule has 0 bridgehead atoms. The summed E-state index contributed by atoms with van der Waals surface area (Å²) in [7, 11) is 1.70. The molecule has 0 radical (unpaired) electrons. The molecule has 0 aromatic heterocycles. The van der Waals surface area contributed by atoms with Crippen molar-refractivity contribution < 1.29 is 14.3 Å². The fourth-order valence-corrected chi connectivity index (χ4v) is 3.56. The van der Waals surface area contributed by atoms with E-state index < -0.39 is 0 Å². The molecule has 0 atom stereocenters. The Bertz CT molecular complexity index is 652. The van der Waals surface area contributed by atoms with Gasteiger partial charge in [0.25, 0.3) is 0 Å². The molecule has 1 aromatic carbocycles. The van der Waals surface area contributed by atoms with Crippen molar-refractivity contribution in [2.75, 3.05) is 26.8 Å². The van der Waals surface area contributed by atoms with Crippen molar-refractivity contribution in [1.29, 1.82) is 0 Å². The molecule has 1 fully saturated rings. The molecule has 2 N–H and O–H groups in total. The maximum absolute atomic E-state index is 11.9. The number of nitrogens with zero attached hydrogens (tertiary/aromatic N) is 1. The Hall–Kier alpha value is -2.24. The molecule has 0 unspecified atom stereocenters. The fraction of sp³-hybridized carbons (Fsp3) is 0.636. The topological polar surface area (TPSA) is 72.0 Å². The highest BCUT2D eigenvalue weighted by Gasteiger charge is 2.27. The van der Waals surface area contributed by atoms with Crippen LogP contribution >= 0.6 is 0 Å². The number of aryl methyl sites for hydroxylation is 1. The molecule has 1 aliphatic rings. The van der Waals surface area contributed by atoms with E-state index in [1.807, 2.05) is 13.8 Å². The lowest BCUT2D eigenvalue weighted by Crippen LogP contribution is -2.45. The molecule has 1 aliphatic carbocycles. The predicted molar refractivity (Wildman–Crippen MR) is 113 cm³/mol. The van der Waals surface area contributed by atoms with E-state index in [2.05, 4.69) is 35.8 Å². The van der Waals surface area contributed by atoms with Crippen molar-refractivity contribution in [2.24, 2.45) is 10.9 Å². The van der Waals surface area contributed by atoms with Crippen molar-refractivity contribution in [2.45, 2.75) is 58.9 Å². The number of rotatable bonds is 8. The van der Waals surface area contributed by atoms with Crippen molar-refractivity contribution in [1.82, 2.24) is 10.6 Å². The molecule has 2 rings (SSSR count). The van der Waals surface area contributed by atoms with Crippen molar-refractivity contribution in [3.8, 4) is 5.75 Å². The summed E-state index contributed by atoms with van der Waals surface area (Å²) in [6.07, 6.45) is 4.53. The van der Waals surface area contributed by atoms with Crippen LogP contribution in [0.2, 0.25) is 0 Å². The smallest absolute Gasteiger partial charge is 0.308 e. The molecule has 156 valence electrons. The van der Waals surface area contributed by atoms with Crippen LogP contribution in [0.3, 0.4) is 0 Å². The van der Waals surface area contributed by atoms with E-state index >= 15 is 0 Å². The Kier molecular flexibility index (Phi) is 9.11. The summed E-state index contributed by atoms with van der Waals surface area (Å²) in [5, 5.41) is 6.85. The van der Waals surface area contributed by atoms with Gasteiger partial charge in [0.1, 0.15) is 5.75 Å². The zero-order chi connectivity index (χ0) is 20.4. The van der Waals surface area contributed by atoms with Gasteiger partial charge in [0.2, 0.25) is 0 Å². The van der Waals surface area contributed by atoms with Gasteiger partial charge in [-0.05, 0) is 70.1 Å². The zero-order valence-corrected chi connectivity index (χ0v) is 17.7. The van der Waals surface area contributed by atoms with Gasteiger partial charge in [-0.1, -0.05) is 12.1 Å². The van der Waals surface area contributed by atoms with E-state index in [0.29, 0.717) is 19.2 Å². The van der Waals surface area contributed by atoms with Crippen LogP contribution in [0.1, 0.15) is 50.7 Å². The number of benzene rings is 1. The number of carbonyl (C=O) groups is 1. The Morgan fingerprint density at radius 1 is 1.21 bits per heavy atom. The minimum Gasteiger partial charge on any atom is -0.496 e. The molecule has 6 heteroatoms. The lowest BCUT2D eigenvalue weighted by Gasteiger charge is -2.29. The number of ether oxygens (including phenoxy) is 2. The zero-order valence-electron chi connectivity index (χ0n) is 17.7. The maximum Gasteiger partial charge on any atom is 0.308 e.